The van der Waals surface area contributed by atoms with E-state index in [-0.39, 0.29) is 22.9 Å². The fraction of sp³-hybridized carbons (Fsp3) is 0.538. The van der Waals surface area contributed by atoms with Gasteiger partial charge in [0.25, 0.3) is 0 Å². The molecule has 1 aromatic carbocycles. The third-order valence-electron chi connectivity index (χ3n) is 2.92. The molecule has 0 aromatic heterocycles. The molecule has 3 N–H and O–H groups in total. The van der Waals surface area contributed by atoms with Gasteiger partial charge in [0.15, 0.2) is 0 Å². The highest BCUT2D eigenvalue weighted by molar-refractivity contribution is 7.92. The monoisotopic (exact) mass is 367 g/mol. The number of sulfonamides is 2. The van der Waals surface area contributed by atoms with Crippen LogP contribution in [0.3, 0.4) is 0 Å². The van der Waals surface area contributed by atoms with E-state index in [0.29, 0.717) is 6.54 Å². The van der Waals surface area contributed by atoms with Gasteiger partial charge >= 0.3 is 0 Å². The Balaban J connectivity index is 2.79. The first kappa shape index (κ1) is 19.8. The Morgan fingerprint density at radius 1 is 1.04 bits per heavy atom. The average molecular weight is 367 g/mol. The molecule has 0 radical (unpaired) electrons. The third-order valence-corrected chi connectivity index (χ3v) is 5.67. The number of anilines is 1. The number of halogens is 1. The zero-order chi connectivity index (χ0) is 17.5. The minimum Gasteiger partial charge on any atom is -0.315 e. The molecular weight excluding hydrogens is 345 g/mol. The van der Waals surface area contributed by atoms with E-state index >= 15 is 0 Å². The summed E-state index contributed by atoms with van der Waals surface area (Å²) in [5.41, 5.74) is -0.282. The van der Waals surface area contributed by atoms with Crippen LogP contribution in [0.2, 0.25) is 0 Å². The first-order chi connectivity index (χ1) is 10.7. The van der Waals surface area contributed by atoms with Gasteiger partial charge in [-0.15, -0.1) is 0 Å². The first-order valence-corrected chi connectivity index (χ1v) is 10.4. The van der Waals surface area contributed by atoms with E-state index < -0.39 is 25.9 Å². The molecule has 0 spiro atoms. The zero-order valence-electron chi connectivity index (χ0n) is 13.1. The molecule has 0 bridgehead atoms. The molecular formula is C13H22FN3O4S2. The fourth-order valence-electron chi connectivity index (χ4n) is 1.64. The number of benzene rings is 1. The van der Waals surface area contributed by atoms with Crippen molar-refractivity contribution in [1.82, 2.24) is 10.0 Å². The molecule has 0 amide bonds. The molecule has 10 heteroatoms. The van der Waals surface area contributed by atoms with Crippen molar-refractivity contribution >= 4 is 25.7 Å². The zero-order valence-corrected chi connectivity index (χ0v) is 14.7. The summed E-state index contributed by atoms with van der Waals surface area (Å²) in [6.07, 6.45) is 0.938. The van der Waals surface area contributed by atoms with E-state index in [0.717, 1.165) is 31.2 Å². The third kappa shape index (κ3) is 6.42. The smallest absolute Gasteiger partial charge is 0.240 e. The molecule has 0 unspecified atom stereocenters. The normalized spacial score (nSPS) is 12.3. The van der Waals surface area contributed by atoms with Crippen LogP contribution in [0.25, 0.3) is 0 Å². The maximum absolute atomic E-state index is 13.9. The summed E-state index contributed by atoms with van der Waals surface area (Å²) in [5.74, 6) is -1.16. The SMILES string of the molecule is CCCNCCNS(=O)(=O)c1ccc(NS(=O)(=O)CC)c(F)c1. The Kier molecular flexibility index (Phi) is 7.39. The summed E-state index contributed by atoms with van der Waals surface area (Å²) in [6, 6.07) is 3.03. The van der Waals surface area contributed by atoms with Gasteiger partial charge < -0.3 is 5.32 Å². The van der Waals surface area contributed by atoms with Crippen molar-refractivity contribution in [3.05, 3.63) is 24.0 Å². The molecule has 0 aliphatic rings. The minimum atomic E-state index is -3.84. The van der Waals surface area contributed by atoms with Gasteiger partial charge in [-0.2, -0.15) is 0 Å². The summed E-state index contributed by atoms with van der Waals surface area (Å²) >= 11 is 0. The van der Waals surface area contributed by atoms with Crippen molar-refractivity contribution < 1.29 is 21.2 Å². The highest BCUT2D eigenvalue weighted by atomic mass is 32.2. The number of rotatable bonds is 10. The van der Waals surface area contributed by atoms with Crippen molar-refractivity contribution in [1.29, 1.82) is 0 Å². The van der Waals surface area contributed by atoms with Gasteiger partial charge in [0, 0.05) is 13.1 Å². The molecule has 1 aromatic rings. The van der Waals surface area contributed by atoms with Crippen molar-refractivity contribution in [2.24, 2.45) is 0 Å². The van der Waals surface area contributed by atoms with Crippen molar-refractivity contribution in [2.75, 3.05) is 30.1 Å². The molecule has 0 fully saturated rings. The van der Waals surface area contributed by atoms with Gasteiger partial charge in [-0.3, -0.25) is 4.72 Å². The highest BCUT2D eigenvalue weighted by Crippen LogP contribution is 2.20. The second-order valence-electron chi connectivity index (χ2n) is 4.79. The van der Waals surface area contributed by atoms with E-state index in [1.165, 1.54) is 6.92 Å². The predicted molar refractivity (Wildman–Crippen MR) is 87.8 cm³/mol. The molecule has 0 saturated carbocycles. The lowest BCUT2D eigenvalue weighted by Crippen LogP contribution is -2.32. The lowest BCUT2D eigenvalue weighted by Gasteiger charge is -2.10. The summed E-state index contributed by atoms with van der Waals surface area (Å²) in [4.78, 5) is -0.259. The molecule has 132 valence electrons. The van der Waals surface area contributed by atoms with Crippen LogP contribution in [0.15, 0.2) is 23.1 Å². The lowest BCUT2D eigenvalue weighted by atomic mass is 10.3. The van der Waals surface area contributed by atoms with Crippen molar-refractivity contribution in [2.45, 2.75) is 25.2 Å². The van der Waals surface area contributed by atoms with E-state index in [2.05, 4.69) is 14.8 Å². The van der Waals surface area contributed by atoms with Crippen LogP contribution in [0, 0.1) is 5.82 Å². The Morgan fingerprint density at radius 2 is 1.74 bits per heavy atom. The lowest BCUT2D eigenvalue weighted by molar-refractivity contribution is 0.572. The second-order valence-corrected chi connectivity index (χ2v) is 8.57. The van der Waals surface area contributed by atoms with Crippen LogP contribution in [-0.2, 0) is 20.0 Å². The second kappa shape index (κ2) is 8.57. The Labute approximate surface area is 136 Å². The average Bonchev–Trinajstić information content (AvgIpc) is 2.49. The first-order valence-electron chi connectivity index (χ1n) is 7.22. The van der Waals surface area contributed by atoms with Gasteiger partial charge in [0.1, 0.15) is 5.82 Å². The Morgan fingerprint density at radius 3 is 2.30 bits per heavy atom. The summed E-state index contributed by atoms with van der Waals surface area (Å²) < 4.78 is 65.2. The molecule has 0 saturated heterocycles. The van der Waals surface area contributed by atoms with E-state index in [9.17, 15) is 21.2 Å². The molecule has 23 heavy (non-hydrogen) atoms. The Hall–Kier alpha value is -1.23. The highest BCUT2D eigenvalue weighted by Gasteiger charge is 2.17. The van der Waals surface area contributed by atoms with Gasteiger partial charge in [-0.1, -0.05) is 6.92 Å². The number of nitrogens with one attached hydrogen (secondary N) is 3. The van der Waals surface area contributed by atoms with Crippen LogP contribution in [0.1, 0.15) is 20.3 Å². The molecule has 0 aliphatic carbocycles. The Bertz CT molecular complexity index is 721. The molecule has 0 atom stereocenters. The largest absolute Gasteiger partial charge is 0.315 e. The number of hydrogen-bond donors (Lipinski definition) is 3. The maximum atomic E-state index is 13.9. The summed E-state index contributed by atoms with van der Waals surface area (Å²) in [5, 5.41) is 3.03. The maximum Gasteiger partial charge on any atom is 0.240 e. The van der Waals surface area contributed by atoms with E-state index in [1.807, 2.05) is 6.92 Å². The molecule has 0 aliphatic heterocycles. The number of hydrogen-bond acceptors (Lipinski definition) is 5. The summed E-state index contributed by atoms with van der Waals surface area (Å²) in [7, 11) is -7.47. The molecule has 0 heterocycles. The minimum absolute atomic E-state index is 0.175. The van der Waals surface area contributed by atoms with Crippen LogP contribution < -0.4 is 14.8 Å². The fourth-order valence-corrected chi connectivity index (χ4v) is 3.33. The molecule has 7 nitrogen and oxygen atoms in total. The van der Waals surface area contributed by atoms with Gasteiger partial charge in [-0.25, -0.2) is 25.9 Å². The predicted octanol–water partition coefficient (Wildman–Crippen LogP) is 0.865. The van der Waals surface area contributed by atoms with E-state index in [4.69, 9.17) is 0 Å². The van der Waals surface area contributed by atoms with Crippen LogP contribution >= 0.6 is 0 Å². The van der Waals surface area contributed by atoms with Crippen LogP contribution in [0.4, 0.5) is 10.1 Å². The summed E-state index contributed by atoms with van der Waals surface area (Å²) in [6.45, 7) is 4.82. The van der Waals surface area contributed by atoms with Gasteiger partial charge in [0.05, 0.1) is 16.3 Å². The van der Waals surface area contributed by atoms with Gasteiger partial charge in [-0.05, 0) is 38.1 Å². The van der Waals surface area contributed by atoms with Crippen molar-refractivity contribution in [3.63, 3.8) is 0 Å². The standard InChI is InChI=1S/C13H22FN3O4S2/c1-3-7-15-8-9-16-23(20,21)11-5-6-13(12(14)10-11)17-22(18,19)4-2/h5-6,10,15-17H,3-4,7-9H2,1-2H3. The van der Waals surface area contributed by atoms with E-state index in [1.54, 1.807) is 0 Å². The van der Waals surface area contributed by atoms with Crippen molar-refractivity contribution in [3.8, 4) is 0 Å². The topological polar surface area (TPSA) is 104 Å². The van der Waals surface area contributed by atoms with Gasteiger partial charge in [0.2, 0.25) is 20.0 Å². The van der Waals surface area contributed by atoms with Crippen LogP contribution in [0.5, 0.6) is 0 Å². The molecule has 1 rings (SSSR count). The van der Waals surface area contributed by atoms with Crippen LogP contribution in [-0.4, -0.2) is 42.2 Å². The quantitative estimate of drug-likeness (QED) is 0.532.